The summed E-state index contributed by atoms with van der Waals surface area (Å²) in [5.74, 6) is -5.73. The number of rotatable bonds is 10. The van der Waals surface area contributed by atoms with Gasteiger partial charge < -0.3 is 25.7 Å². The largest absolute Gasteiger partial charge is 0.507 e. The molecular weight excluding hydrogens is 496 g/mol. The van der Waals surface area contributed by atoms with E-state index in [2.05, 4.69) is 10.6 Å². The number of carbonyl (C=O) groups excluding carboxylic acids is 3. The maximum Gasteiger partial charge on any atom is 0.267 e. The van der Waals surface area contributed by atoms with Crippen LogP contribution in [0.1, 0.15) is 53.2 Å². The lowest BCUT2D eigenvalue weighted by molar-refractivity contribution is -0.147. The average molecular weight is 532 g/mol. The number of amides is 3. The molecule has 0 radical (unpaired) electrons. The van der Waals surface area contributed by atoms with Crippen LogP contribution in [0.4, 0.5) is 8.78 Å². The summed E-state index contributed by atoms with van der Waals surface area (Å²) in [6.45, 7) is 4.34. The lowest BCUT2D eigenvalue weighted by atomic mass is 9.98. The number of aromatic hydroxyl groups is 1. The molecule has 1 fully saturated rings. The van der Waals surface area contributed by atoms with Crippen molar-refractivity contribution in [2.75, 3.05) is 13.1 Å². The van der Waals surface area contributed by atoms with E-state index in [9.17, 15) is 33.4 Å². The Balaban J connectivity index is 1.85. The molecule has 3 rings (SSSR count). The number of phenols is 1. The highest BCUT2D eigenvalue weighted by atomic mass is 19.3. The number of aliphatic hydroxyl groups excluding tert-OH is 1. The van der Waals surface area contributed by atoms with Gasteiger partial charge in [-0.2, -0.15) is 0 Å². The number of likely N-dealkylation sites (tertiary alicyclic amines) is 1. The number of nitrogens with zero attached hydrogens (tertiary/aromatic N) is 1. The third-order valence-corrected chi connectivity index (χ3v) is 6.82. The summed E-state index contributed by atoms with van der Waals surface area (Å²) in [6, 6.07) is 9.72. The second-order valence-electron chi connectivity index (χ2n) is 9.79. The molecule has 1 saturated heterocycles. The number of benzene rings is 2. The Bertz CT molecular complexity index is 1160. The van der Waals surface area contributed by atoms with Crippen molar-refractivity contribution >= 4 is 17.7 Å². The van der Waals surface area contributed by atoms with Crippen LogP contribution >= 0.6 is 0 Å². The maximum absolute atomic E-state index is 14.3. The molecule has 1 heterocycles. The zero-order valence-corrected chi connectivity index (χ0v) is 21.8. The standard InChI is InChI=1S/C28H35F2N3O5/c1-4-14-31-26(37)22-15-28(29,30)16-33(22)27(38)24(35)21(13-11-19-8-6-5-7-9-19)32-25(36)20-12-10-17(2)23(34)18(20)3/h5-10,12,21-22,24,34-35H,4,11,13-16H2,1-3H3,(H,31,37)(H,32,36)/t21-,22-,24-/m0/s1. The number of hydrogen-bond acceptors (Lipinski definition) is 5. The molecule has 0 unspecified atom stereocenters. The van der Waals surface area contributed by atoms with E-state index in [4.69, 9.17) is 0 Å². The van der Waals surface area contributed by atoms with Crippen LogP contribution in [-0.2, 0) is 16.0 Å². The van der Waals surface area contributed by atoms with Crippen LogP contribution in [0.15, 0.2) is 42.5 Å². The average Bonchev–Trinajstić information content (AvgIpc) is 3.23. The van der Waals surface area contributed by atoms with Gasteiger partial charge in [0.1, 0.15) is 11.8 Å². The number of aliphatic hydroxyl groups is 1. The molecule has 3 amide bonds. The highest BCUT2D eigenvalue weighted by Crippen LogP contribution is 2.33. The molecular formula is C28H35F2N3O5. The normalized spacial score (nSPS) is 18.1. The molecule has 38 heavy (non-hydrogen) atoms. The Labute approximate surface area is 221 Å². The summed E-state index contributed by atoms with van der Waals surface area (Å²) in [6.07, 6.45) is -1.63. The van der Waals surface area contributed by atoms with Crippen molar-refractivity contribution in [1.29, 1.82) is 0 Å². The van der Waals surface area contributed by atoms with Crippen molar-refractivity contribution in [3.63, 3.8) is 0 Å². The van der Waals surface area contributed by atoms with Gasteiger partial charge in [-0.25, -0.2) is 8.78 Å². The van der Waals surface area contributed by atoms with Gasteiger partial charge in [0.15, 0.2) is 6.10 Å². The first kappa shape index (κ1) is 29.0. The molecule has 3 atom stereocenters. The van der Waals surface area contributed by atoms with E-state index in [1.165, 1.54) is 6.07 Å². The number of nitrogens with one attached hydrogen (secondary N) is 2. The van der Waals surface area contributed by atoms with E-state index in [1.54, 1.807) is 19.9 Å². The first-order chi connectivity index (χ1) is 17.9. The van der Waals surface area contributed by atoms with Gasteiger partial charge in [-0.3, -0.25) is 14.4 Å². The topological polar surface area (TPSA) is 119 Å². The Hall–Kier alpha value is -3.53. The quantitative estimate of drug-likeness (QED) is 0.376. The van der Waals surface area contributed by atoms with Gasteiger partial charge in [0.2, 0.25) is 5.91 Å². The molecule has 10 heteroatoms. The monoisotopic (exact) mass is 531 g/mol. The number of halogens is 2. The summed E-state index contributed by atoms with van der Waals surface area (Å²) in [7, 11) is 0. The number of aryl methyl sites for hydroxylation is 2. The minimum atomic E-state index is -3.29. The van der Waals surface area contributed by atoms with Gasteiger partial charge in [0.05, 0.1) is 12.6 Å². The van der Waals surface area contributed by atoms with E-state index >= 15 is 0 Å². The van der Waals surface area contributed by atoms with E-state index in [0.717, 1.165) is 5.56 Å². The molecule has 206 valence electrons. The number of alkyl halides is 2. The zero-order chi connectivity index (χ0) is 28.0. The fraction of sp³-hybridized carbons (Fsp3) is 0.464. The van der Waals surface area contributed by atoms with Crippen LogP contribution in [-0.4, -0.2) is 70.0 Å². The molecule has 1 aliphatic rings. The lowest BCUT2D eigenvalue weighted by Gasteiger charge is -2.30. The van der Waals surface area contributed by atoms with Crippen molar-refractivity contribution in [1.82, 2.24) is 15.5 Å². The van der Waals surface area contributed by atoms with Crippen molar-refractivity contribution in [3.05, 3.63) is 64.7 Å². The van der Waals surface area contributed by atoms with Gasteiger partial charge >= 0.3 is 0 Å². The van der Waals surface area contributed by atoms with Gasteiger partial charge in [-0.1, -0.05) is 43.3 Å². The minimum absolute atomic E-state index is 0.0460. The summed E-state index contributed by atoms with van der Waals surface area (Å²) in [5, 5.41) is 26.5. The van der Waals surface area contributed by atoms with Crippen LogP contribution in [0.3, 0.4) is 0 Å². The molecule has 0 bridgehead atoms. The molecule has 8 nitrogen and oxygen atoms in total. The molecule has 0 spiro atoms. The first-order valence-corrected chi connectivity index (χ1v) is 12.7. The maximum atomic E-state index is 14.3. The second kappa shape index (κ2) is 12.3. The van der Waals surface area contributed by atoms with Gasteiger partial charge in [0.25, 0.3) is 17.7 Å². The van der Waals surface area contributed by atoms with Crippen molar-refractivity contribution in [2.45, 2.75) is 70.6 Å². The Morgan fingerprint density at radius 2 is 1.82 bits per heavy atom. The lowest BCUT2D eigenvalue weighted by Crippen LogP contribution is -2.55. The fourth-order valence-electron chi connectivity index (χ4n) is 4.59. The Morgan fingerprint density at radius 3 is 2.47 bits per heavy atom. The summed E-state index contributed by atoms with van der Waals surface area (Å²) in [4.78, 5) is 39.7. The number of hydrogen-bond donors (Lipinski definition) is 4. The van der Waals surface area contributed by atoms with E-state index < -0.39 is 54.8 Å². The molecule has 4 N–H and O–H groups in total. The summed E-state index contributed by atoms with van der Waals surface area (Å²) < 4.78 is 28.6. The molecule has 1 aliphatic heterocycles. The van der Waals surface area contributed by atoms with Gasteiger partial charge in [-0.05, 0) is 50.3 Å². The minimum Gasteiger partial charge on any atom is -0.507 e. The van der Waals surface area contributed by atoms with Crippen LogP contribution < -0.4 is 10.6 Å². The first-order valence-electron chi connectivity index (χ1n) is 12.7. The van der Waals surface area contributed by atoms with Crippen molar-refractivity contribution in [2.24, 2.45) is 0 Å². The fourth-order valence-corrected chi connectivity index (χ4v) is 4.59. The van der Waals surface area contributed by atoms with Crippen LogP contribution in [0.25, 0.3) is 0 Å². The van der Waals surface area contributed by atoms with Crippen LogP contribution in [0.2, 0.25) is 0 Å². The number of carbonyl (C=O) groups is 3. The third kappa shape index (κ3) is 6.86. The van der Waals surface area contributed by atoms with Crippen LogP contribution in [0.5, 0.6) is 5.75 Å². The van der Waals surface area contributed by atoms with Gasteiger partial charge in [-0.15, -0.1) is 0 Å². The molecule has 0 aliphatic carbocycles. The van der Waals surface area contributed by atoms with E-state index in [1.807, 2.05) is 37.3 Å². The van der Waals surface area contributed by atoms with Crippen molar-refractivity contribution < 1.29 is 33.4 Å². The summed E-state index contributed by atoms with van der Waals surface area (Å²) >= 11 is 0. The SMILES string of the molecule is CCCNC(=O)[C@@H]1CC(F)(F)CN1C(=O)[C@@H](O)[C@H](CCc1ccccc1)NC(=O)c1ccc(C)c(O)c1C. The predicted molar refractivity (Wildman–Crippen MR) is 138 cm³/mol. The highest BCUT2D eigenvalue weighted by Gasteiger charge is 2.51. The van der Waals surface area contributed by atoms with E-state index in [0.29, 0.717) is 28.9 Å². The molecule has 2 aromatic carbocycles. The summed E-state index contributed by atoms with van der Waals surface area (Å²) in [5.41, 5.74) is 1.95. The molecule has 2 aromatic rings. The van der Waals surface area contributed by atoms with Crippen molar-refractivity contribution in [3.8, 4) is 5.75 Å². The third-order valence-electron chi connectivity index (χ3n) is 6.82. The second-order valence-corrected chi connectivity index (χ2v) is 9.79. The highest BCUT2D eigenvalue weighted by molar-refractivity contribution is 5.97. The Morgan fingerprint density at radius 1 is 1.13 bits per heavy atom. The predicted octanol–water partition coefficient (Wildman–Crippen LogP) is 2.86. The molecule has 0 aromatic heterocycles. The Kier molecular flexibility index (Phi) is 9.43. The number of phenolic OH excluding ortho intramolecular Hbond substituents is 1. The smallest absolute Gasteiger partial charge is 0.267 e. The van der Waals surface area contributed by atoms with Crippen LogP contribution in [0, 0.1) is 13.8 Å². The van der Waals surface area contributed by atoms with E-state index in [-0.39, 0.29) is 24.3 Å². The molecule has 0 saturated carbocycles. The zero-order valence-electron chi connectivity index (χ0n) is 21.8. The van der Waals surface area contributed by atoms with Gasteiger partial charge in [0, 0.05) is 24.1 Å².